The Morgan fingerprint density at radius 3 is 2.91 bits per heavy atom. The number of likely N-dealkylation sites (tertiary alicyclic amines) is 1. The molecule has 1 aliphatic rings. The Labute approximate surface area is 129 Å². The zero-order valence-electron chi connectivity index (χ0n) is 12.9. The largest absolute Gasteiger partial charge is 0.468 e. The summed E-state index contributed by atoms with van der Waals surface area (Å²) in [5, 5.41) is 2.67. The molecular formula is C16H21FN2O3. The van der Waals surface area contributed by atoms with E-state index in [-0.39, 0.29) is 30.2 Å². The van der Waals surface area contributed by atoms with Crippen LogP contribution in [0.3, 0.4) is 0 Å². The van der Waals surface area contributed by atoms with Gasteiger partial charge < -0.3 is 10.1 Å². The zero-order valence-corrected chi connectivity index (χ0v) is 12.9. The third kappa shape index (κ3) is 4.04. The average Bonchev–Trinajstić information content (AvgIpc) is 2.96. The molecule has 22 heavy (non-hydrogen) atoms. The molecule has 1 saturated heterocycles. The highest BCUT2D eigenvalue weighted by atomic mass is 19.1. The van der Waals surface area contributed by atoms with Gasteiger partial charge >= 0.3 is 5.97 Å². The van der Waals surface area contributed by atoms with Gasteiger partial charge in [-0.25, -0.2) is 4.39 Å². The molecule has 0 aliphatic carbocycles. The van der Waals surface area contributed by atoms with Crippen molar-refractivity contribution in [2.45, 2.75) is 32.2 Å². The summed E-state index contributed by atoms with van der Waals surface area (Å²) in [7, 11) is 1.37. The Hall–Kier alpha value is -1.95. The van der Waals surface area contributed by atoms with Crippen LogP contribution in [0.5, 0.6) is 0 Å². The monoisotopic (exact) mass is 308 g/mol. The number of halogens is 1. The number of nitrogens with one attached hydrogen (secondary N) is 1. The van der Waals surface area contributed by atoms with Gasteiger partial charge in [0.15, 0.2) is 0 Å². The van der Waals surface area contributed by atoms with E-state index in [0.717, 1.165) is 19.4 Å². The summed E-state index contributed by atoms with van der Waals surface area (Å²) in [4.78, 5) is 25.5. The molecule has 1 atom stereocenters. The van der Waals surface area contributed by atoms with E-state index in [1.165, 1.54) is 13.2 Å². The summed E-state index contributed by atoms with van der Waals surface area (Å²) >= 11 is 0. The van der Waals surface area contributed by atoms with Crippen LogP contribution >= 0.6 is 0 Å². The van der Waals surface area contributed by atoms with Crippen molar-refractivity contribution in [3.05, 3.63) is 29.6 Å². The van der Waals surface area contributed by atoms with Gasteiger partial charge in [-0.1, -0.05) is 6.07 Å². The lowest BCUT2D eigenvalue weighted by Crippen LogP contribution is -2.38. The summed E-state index contributed by atoms with van der Waals surface area (Å²) in [6.45, 7) is 2.94. The quantitative estimate of drug-likeness (QED) is 0.846. The van der Waals surface area contributed by atoms with Gasteiger partial charge in [0.2, 0.25) is 5.91 Å². The van der Waals surface area contributed by atoms with Crippen LogP contribution in [0.1, 0.15) is 24.8 Å². The number of nitrogens with zero attached hydrogens (tertiary/aromatic N) is 1. The zero-order chi connectivity index (χ0) is 16.1. The van der Waals surface area contributed by atoms with Gasteiger partial charge in [0.05, 0.1) is 7.11 Å². The van der Waals surface area contributed by atoms with Gasteiger partial charge in [0.1, 0.15) is 11.9 Å². The fourth-order valence-electron chi connectivity index (χ4n) is 2.64. The third-order valence-electron chi connectivity index (χ3n) is 3.92. The molecule has 0 bridgehead atoms. The maximum Gasteiger partial charge on any atom is 0.323 e. The fraction of sp³-hybridized carbons (Fsp3) is 0.500. The molecule has 0 spiro atoms. The highest BCUT2D eigenvalue weighted by Gasteiger charge is 2.31. The number of carbonyl (C=O) groups excluding carboxylic acids is 2. The first-order chi connectivity index (χ1) is 10.5. The lowest BCUT2D eigenvalue weighted by atomic mass is 10.2. The van der Waals surface area contributed by atoms with E-state index in [0.29, 0.717) is 17.8 Å². The number of methoxy groups -OCH3 is 1. The third-order valence-corrected chi connectivity index (χ3v) is 3.92. The maximum absolute atomic E-state index is 13.4. The minimum absolute atomic E-state index is 0.196. The number of benzene rings is 1. The van der Waals surface area contributed by atoms with Gasteiger partial charge in [-0.3, -0.25) is 14.5 Å². The van der Waals surface area contributed by atoms with Crippen molar-refractivity contribution in [1.82, 2.24) is 4.90 Å². The van der Waals surface area contributed by atoms with Gasteiger partial charge in [-0.2, -0.15) is 0 Å². The molecule has 1 fully saturated rings. The highest BCUT2D eigenvalue weighted by molar-refractivity contribution is 5.90. The van der Waals surface area contributed by atoms with Gasteiger partial charge in [-0.15, -0.1) is 0 Å². The Balaban J connectivity index is 1.84. The van der Waals surface area contributed by atoms with E-state index in [1.807, 2.05) is 4.90 Å². The number of amides is 1. The van der Waals surface area contributed by atoms with Crippen molar-refractivity contribution >= 4 is 17.6 Å². The average molecular weight is 308 g/mol. The van der Waals surface area contributed by atoms with Crippen molar-refractivity contribution in [2.75, 3.05) is 25.5 Å². The van der Waals surface area contributed by atoms with Crippen molar-refractivity contribution in [2.24, 2.45) is 0 Å². The lowest BCUT2D eigenvalue weighted by molar-refractivity contribution is -0.146. The second-order valence-electron chi connectivity index (χ2n) is 5.48. The van der Waals surface area contributed by atoms with E-state index in [2.05, 4.69) is 5.32 Å². The molecule has 1 aliphatic heterocycles. The Kier molecular flexibility index (Phi) is 5.49. The second kappa shape index (κ2) is 7.35. The van der Waals surface area contributed by atoms with Crippen LogP contribution in [-0.4, -0.2) is 43.0 Å². The molecule has 0 radical (unpaired) electrons. The molecule has 0 aromatic heterocycles. The van der Waals surface area contributed by atoms with E-state index < -0.39 is 0 Å². The first-order valence-electron chi connectivity index (χ1n) is 7.39. The number of aryl methyl sites for hydroxylation is 1. The smallest absolute Gasteiger partial charge is 0.323 e. The second-order valence-corrected chi connectivity index (χ2v) is 5.48. The number of esters is 1. The number of anilines is 1. The van der Waals surface area contributed by atoms with Crippen LogP contribution in [0.2, 0.25) is 0 Å². The van der Waals surface area contributed by atoms with E-state index >= 15 is 0 Å². The van der Waals surface area contributed by atoms with E-state index in [9.17, 15) is 14.0 Å². The molecule has 0 unspecified atom stereocenters. The molecule has 1 amide bonds. The summed E-state index contributed by atoms with van der Waals surface area (Å²) in [6, 6.07) is 4.34. The summed E-state index contributed by atoms with van der Waals surface area (Å²) in [6.07, 6.45) is 1.94. The molecule has 1 aromatic carbocycles. The van der Waals surface area contributed by atoms with Crippen molar-refractivity contribution < 1.29 is 18.7 Å². The topological polar surface area (TPSA) is 58.6 Å². The summed E-state index contributed by atoms with van der Waals surface area (Å²) in [5.41, 5.74) is 0.982. The molecule has 1 N–H and O–H groups in total. The van der Waals surface area contributed by atoms with E-state index in [4.69, 9.17) is 4.74 Å². The number of hydrogen-bond donors (Lipinski definition) is 1. The Morgan fingerprint density at radius 1 is 1.45 bits per heavy atom. The Bertz CT molecular complexity index is 562. The fourth-order valence-corrected chi connectivity index (χ4v) is 2.64. The highest BCUT2D eigenvalue weighted by Crippen LogP contribution is 2.19. The van der Waals surface area contributed by atoms with Crippen molar-refractivity contribution in [3.63, 3.8) is 0 Å². The lowest BCUT2D eigenvalue weighted by Gasteiger charge is -2.21. The number of ether oxygens (including phenoxy) is 1. The first kappa shape index (κ1) is 16.4. The molecule has 2 rings (SSSR count). The van der Waals surface area contributed by atoms with Gasteiger partial charge in [-0.05, 0) is 44.0 Å². The van der Waals surface area contributed by atoms with Gasteiger partial charge in [0, 0.05) is 18.7 Å². The standard InChI is InChI=1S/C16H21FN2O3/c1-11-5-6-12(10-13(11)17)18-15(20)7-9-19-8-3-4-14(19)16(21)22-2/h5-6,10,14H,3-4,7-9H2,1-2H3,(H,18,20)/t14-/m1/s1. The molecule has 120 valence electrons. The minimum atomic E-state index is -0.344. The van der Waals surface area contributed by atoms with Crippen LogP contribution in [-0.2, 0) is 14.3 Å². The number of carbonyl (C=O) groups is 2. The van der Waals surface area contributed by atoms with Crippen LogP contribution in [0.4, 0.5) is 10.1 Å². The molecular weight excluding hydrogens is 287 g/mol. The molecule has 0 saturated carbocycles. The molecule has 5 nitrogen and oxygen atoms in total. The number of hydrogen-bond acceptors (Lipinski definition) is 4. The molecule has 6 heteroatoms. The van der Waals surface area contributed by atoms with Crippen LogP contribution in [0.15, 0.2) is 18.2 Å². The summed E-state index contributed by atoms with van der Waals surface area (Å²) in [5.74, 6) is -0.791. The Morgan fingerprint density at radius 2 is 2.23 bits per heavy atom. The molecule has 1 aromatic rings. The van der Waals surface area contributed by atoms with E-state index in [1.54, 1.807) is 19.1 Å². The SMILES string of the molecule is COC(=O)[C@H]1CCCN1CCC(=O)Nc1ccc(C)c(F)c1. The first-order valence-corrected chi connectivity index (χ1v) is 7.39. The van der Waals surface area contributed by atoms with Crippen molar-refractivity contribution in [1.29, 1.82) is 0 Å². The molecule has 1 heterocycles. The van der Waals surface area contributed by atoms with Crippen molar-refractivity contribution in [3.8, 4) is 0 Å². The normalized spacial score (nSPS) is 18.2. The van der Waals surface area contributed by atoms with Crippen LogP contribution < -0.4 is 5.32 Å². The minimum Gasteiger partial charge on any atom is -0.468 e. The van der Waals surface area contributed by atoms with Gasteiger partial charge in [0.25, 0.3) is 0 Å². The van der Waals surface area contributed by atoms with Crippen LogP contribution in [0, 0.1) is 12.7 Å². The maximum atomic E-state index is 13.4. The van der Waals surface area contributed by atoms with Crippen LogP contribution in [0.25, 0.3) is 0 Å². The summed E-state index contributed by atoms with van der Waals surface area (Å²) < 4.78 is 18.2. The predicted octanol–water partition coefficient (Wildman–Crippen LogP) is 2.10. The number of rotatable bonds is 5. The predicted molar refractivity (Wildman–Crippen MR) is 81.0 cm³/mol.